The average molecular weight is 431 g/mol. The molecular formula is C29H18S2. The Labute approximate surface area is 189 Å². The summed E-state index contributed by atoms with van der Waals surface area (Å²) in [5, 5.41) is 8.22. The van der Waals surface area contributed by atoms with Gasteiger partial charge in [0, 0.05) is 25.6 Å². The summed E-state index contributed by atoms with van der Waals surface area (Å²) >= 11 is 3.74. The van der Waals surface area contributed by atoms with Crippen molar-refractivity contribution in [1.82, 2.24) is 0 Å². The molecule has 146 valence electrons. The highest BCUT2D eigenvalue weighted by Gasteiger charge is 2.27. The maximum Gasteiger partial charge on any atom is 0.0208 e. The van der Waals surface area contributed by atoms with Gasteiger partial charge in [-0.1, -0.05) is 84.6 Å². The van der Waals surface area contributed by atoms with Crippen molar-refractivity contribution in [2.24, 2.45) is 0 Å². The molecule has 1 aliphatic heterocycles. The molecule has 0 aromatic heterocycles. The third-order valence-corrected chi connectivity index (χ3v) is 8.44. The van der Waals surface area contributed by atoms with E-state index in [1.54, 1.807) is 0 Å². The average Bonchev–Trinajstić information content (AvgIpc) is 2.83. The largest absolute Gasteiger partial charge is 0.129 e. The Morgan fingerprint density at radius 2 is 1.29 bits per heavy atom. The zero-order valence-corrected chi connectivity index (χ0v) is 18.6. The molecule has 0 radical (unpaired) electrons. The lowest BCUT2D eigenvalue weighted by Crippen LogP contribution is -1.99. The van der Waals surface area contributed by atoms with Crippen LogP contribution in [0.15, 0.2) is 106 Å². The van der Waals surface area contributed by atoms with Crippen molar-refractivity contribution >= 4 is 55.8 Å². The summed E-state index contributed by atoms with van der Waals surface area (Å²) in [5.41, 5.74) is 5.44. The molecule has 0 saturated carbocycles. The quantitative estimate of drug-likeness (QED) is 0.198. The van der Waals surface area contributed by atoms with Crippen LogP contribution in [0.1, 0.15) is 0 Å². The minimum Gasteiger partial charge on any atom is -0.129 e. The minimum absolute atomic E-state index is 1.32. The van der Waals surface area contributed by atoms with E-state index in [4.69, 9.17) is 0 Å². The number of rotatable bonds is 2. The van der Waals surface area contributed by atoms with Gasteiger partial charge in [0.1, 0.15) is 0 Å². The molecule has 6 aromatic carbocycles. The molecule has 1 heterocycles. The molecule has 0 N–H and O–H groups in total. The number of thioether (sulfide) groups is 1. The van der Waals surface area contributed by atoms with E-state index in [1.807, 2.05) is 23.5 Å². The van der Waals surface area contributed by atoms with E-state index < -0.39 is 0 Å². The van der Waals surface area contributed by atoms with Crippen LogP contribution in [-0.2, 0) is 0 Å². The molecule has 0 bridgehead atoms. The van der Waals surface area contributed by atoms with E-state index >= 15 is 0 Å². The van der Waals surface area contributed by atoms with Gasteiger partial charge in [-0.2, -0.15) is 0 Å². The van der Waals surface area contributed by atoms with Gasteiger partial charge >= 0.3 is 0 Å². The molecule has 0 unspecified atom stereocenters. The molecule has 0 aliphatic carbocycles. The Morgan fingerprint density at radius 3 is 2.16 bits per heavy atom. The van der Waals surface area contributed by atoms with Crippen molar-refractivity contribution in [3.8, 4) is 22.3 Å². The summed E-state index contributed by atoms with van der Waals surface area (Å²) in [6.45, 7) is 0. The molecule has 0 amide bonds. The molecule has 6 aromatic rings. The van der Waals surface area contributed by atoms with Gasteiger partial charge in [0.05, 0.1) is 0 Å². The Balaban J connectivity index is 1.83. The third-order valence-electron chi connectivity index (χ3n) is 6.51. The first-order valence-corrected chi connectivity index (χ1v) is 12.5. The van der Waals surface area contributed by atoms with Gasteiger partial charge < -0.3 is 0 Å². The molecule has 0 spiro atoms. The summed E-state index contributed by atoms with van der Waals surface area (Å²) < 4.78 is 0. The first kappa shape index (κ1) is 17.7. The van der Waals surface area contributed by atoms with E-state index in [9.17, 15) is 0 Å². The zero-order valence-electron chi connectivity index (χ0n) is 17.0. The maximum absolute atomic E-state index is 2.32. The molecule has 0 atom stereocenters. The fraction of sp³-hybridized carbons (Fsp3) is 0.0345. The van der Waals surface area contributed by atoms with Crippen LogP contribution in [0.3, 0.4) is 0 Å². The summed E-state index contributed by atoms with van der Waals surface area (Å²) in [6, 6.07) is 33.7. The van der Waals surface area contributed by atoms with Crippen molar-refractivity contribution in [3.63, 3.8) is 0 Å². The van der Waals surface area contributed by atoms with Crippen molar-refractivity contribution in [1.29, 1.82) is 0 Å². The lowest BCUT2D eigenvalue weighted by molar-refractivity contribution is 1.39. The van der Waals surface area contributed by atoms with Crippen LogP contribution >= 0.6 is 23.5 Å². The third kappa shape index (κ3) is 2.35. The standard InChI is InChI=1S/C29H18S2/c1-30-22-11-4-2-8-19(22)27-21-10-6-7-17-13-14-18-15-16-24-29(26(18)25(17)21)28(27)20-9-3-5-12-23(20)31-24/h2-16H,1H3. The summed E-state index contributed by atoms with van der Waals surface area (Å²) in [4.78, 5) is 4.03. The molecule has 1 aliphatic rings. The first-order valence-electron chi connectivity index (χ1n) is 10.5. The molecule has 31 heavy (non-hydrogen) atoms. The van der Waals surface area contributed by atoms with E-state index in [2.05, 4.69) is 97.3 Å². The highest BCUT2D eigenvalue weighted by Crippen LogP contribution is 2.56. The predicted octanol–water partition coefficient (Wildman–Crippen LogP) is 9.10. The van der Waals surface area contributed by atoms with Gasteiger partial charge in [0.15, 0.2) is 0 Å². The van der Waals surface area contributed by atoms with Crippen LogP contribution < -0.4 is 0 Å². The zero-order chi connectivity index (χ0) is 20.5. The number of hydrogen-bond donors (Lipinski definition) is 0. The van der Waals surface area contributed by atoms with E-state index in [0.717, 1.165) is 0 Å². The summed E-state index contributed by atoms with van der Waals surface area (Å²) in [5.74, 6) is 0. The molecule has 0 fully saturated rings. The predicted molar refractivity (Wildman–Crippen MR) is 137 cm³/mol. The van der Waals surface area contributed by atoms with Crippen LogP contribution in [0, 0.1) is 0 Å². The Hall–Kier alpha value is -2.94. The fourth-order valence-electron chi connectivity index (χ4n) is 5.26. The molecule has 7 rings (SSSR count). The van der Waals surface area contributed by atoms with E-state index in [0.29, 0.717) is 0 Å². The Bertz CT molecular complexity index is 1640. The van der Waals surface area contributed by atoms with E-state index in [-0.39, 0.29) is 0 Å². The number of hydrogen-bond acceptors (Lipinski definition) is 2. The van der Waals surface area contributed by atoms with Crippen molar-refractivity contribution in [3.05, 3.63) is 91.0 Å². The monoisotopic (exact) mass is 430 g/mol. The molecule has 0 nitrogen and oxygen atoms in total. The lowest BCUT2D eigenvalue weighted by Gasteiger charge is -2.27. The molecule has 0 saturated heterocycles. The van der Waals surface area contributed by atoms with Gasteiger partial charge in [-0.15, -0.1) is 11.8 Å². The van der Waals surface area contributed by atoms with E-state index in [1.165, 1.54) is 69.3 Å². The molecule has 2 heteroatoms. The van der Waals surface area contributed by atoms with Crippen LogP contribution in [0.25, 0.3) is 54.6 Å². The van der Waals surface area contributed by atoms with Gasteiger partial charge in [-0.3, -0.25) is 0 Å². The second-order valence-electron chi connectivity index (χ2n) is 8.05. The molecular weight excluding hydrogens is 412 g/mol. The van der Waals surface area contributed by atoms with Crippen molar-refractivity contribution < 1.29 is 0 Å². The highest BCUT2D eigenvalue weighted by molar-refractivity contribution is 7.99. The number of benzene rings is 6. The van der Waals surface area contributed by atoms with Crippen LogP contribution in [0.5, 0.6) is 0 Å². The van der Waals surface area contributed by atoms with Gasteiger partial charge in [0.25, 0.3) is 0 Å². The van der Waals surface area contributed by atoms with Crippen LogP contribution in [0.4, 0.5) is 0 Å². The van der Waals surface area contributed by atoms with Crippen LogP contribution in [0.2, 0.25) is 0 Å². The van der Waals surface area contributed by atoms with Crippen LogP contribution in [-0.4, -0.2) is 6.26 Å². The smallest absolute Gasteiger partial charge is 0.0208 e. The van der Waals surface area contributed by atoms with Crippen molar-refractivity contribution in [2.75, 3.05) is 6.26 Å². The Kier molecular flexibility index (Phi) is 3.73. The summed E-state index contributed by atoms with van der Waals surface area (Å²) in [7, 11) is 0. The van der Waals surface area contributed by atoms with Gasteiger partial charge in [0.2, 0.25) is 0 Å². The number of fused-ring (bicyclic) bond motifs is 2. The second-order valence-corrected chi connectivity index (χ2v) is 9.99. The van der Waals surface area contributed by atoms with Crippen molar-refractivity contribution in [2.45, 2.75) is 14.7 Å². The normalized spacial score (nSPS) is 12.7. The van der Waals surface area contributed by atoms with Gasteiger partial charge in [-0.05, 0) is 68.1 Å². The minimum atomic E-state index is 1.32. The second kappa shape index (κ2) is 6.53. The first-order chi connectivity index (χ1) is 15.3. The Morgan fingerprint density at radius 1 is 0.548 bits per heavy atom. The lowest BCUT2D eigenvalue weighted by atomic mass is 9.82. The topological polar surface area (TPSA) is 0 Å². The SMILES string of the molecule is CSc1ccccc1-c1c2c3c(ccc4ccc5cccc1c5c43)Sc1ccccc1-2. The summed E-state index contributed by atoms with van der Waals surface area (Å²) in [6.07, 6.45) is 2.18. The van der Waals surface area contributed by atoms with Gasteiger partial charge in [-0.25, -0.2) is 0 Å². The highest BCUT2D eigenvalue weighted by atomic mass is 32.2. The fourth-order valence-corrected chi connectivity index (χ4v) is 6.97. The maximum atomic E-state index is 2.32.